The molecule has 2 rings (SSSR count). The molecule has 0 fully saturated rings. The smallest absolute Gasteiger partial charge is 0.145 e. The number of nitrogens with zero attached hydrogens (tertiary/aromatic N) is 2. The Bertz CT molecular complexity index is 550. The zero-order chi connectivity index (χ0) is 13.1. The summed E-state index contributed by atoms with van der Waals surface area (Å²) in [4.78, 5) is 7.83. The average molecular weight is 315 g/mol. The van der Waals surface area contributed by atoms with Crippen LogP contribution in [0.1, 0.15) is 17.3 Å². The van der Waals surface area contributed by atoms with Gasteiger partial charge >= 0.3 is 0 Å². The summed E-state index contributed by atoms with van der Waals surface area (Å²) in [6, 6.07) is 1.54. The van der Waals surface area contributed by atoms with Gasteiger partial charge in [-0.15, -0.1) is 0 Å². The van der Waals surface area contributed by atoms with Gasteiger partial charge in [0.1, 0.15) is 11.6 Å². The molecule has 7 heteroatoms. The first kappa shape index (κ1) is 13.0. The molecule has 0 bridgehead atoms. The molecule has 4 nitrogen and oxygen atoms in total. The van der Waals surface area contributed by atoms with E-state index in [1.54, 1.807) is 0 Å². The van der Waals surface area contributed by atoms with Crippen LogP contribution in [0.2, 0.25) is 0 Å². The number of nitrogens with one attached hydrogen (secondary N) is 1. The molecule has 1 unspecified atom stereocenters. The lowest BCUT2D eigenvalue weighted by Crippen LogP contribution is -2.31. The molecule has 0 radical (unpaired) electrons. The van der Waals surface area contributed by atoms with E-state index in [4.69, 9.17) is 5.84 Å². The van der Waals surface area contributed by atoms with Gasteiger partial charge in [-0.05, 0) is 28.1 Å². The van der Waals surface area contributed by atoms with Gasteiger partial charge in [0.25, 0.3) is 0 Å². The van der Waals surface area contributed by atoms with E-state index in [0.717, 1.165) is 6.07 Å². The van der Waals surface area contributed by atoms with E-state index in [9.17, 15) is 8.78 Å². The molecule has 3 N–H and O–H groups in total. The summed E-state index contributed by atoms with van der Waals surface area (Å²) in [7, 11) is 0. The van der Waals surface area contributed by atoms with Crippen molar-refractivity contribution in [2.75, 3.05) is 0 Å². The topological polar surface area (TPSA) is 63.8 Å². The zero-order valence-corrected chi connectivity index (χ0v) is 10.7. The van der Waals surface area contributed by atoms with Crippen LogP contribution < -0.4 is 11.3 Å². The summed E-state index contributed by atoms with van der Waals surface area (Å²) >= 11 is 3.00. The second-order valence-corrected chi connectivity index (χ2v) is 4.34. The number of rotatable bonds is 3. The number of halogens is 3. The fraction of sp³-hybridized carbons (Fsp3) is 0.0909. The van der Waals surface area contributed by atoms with E-state index in [1.807, 2.05) is 0 Å². The molecule has 0 saturated heterocycles. The first-order valence-electron chi connectivity index (χ1n) is 5.00. The van der Waals surface area contributed by atoms with Gasteiger partial charge in [0.2, 0.25) is 0 Å². The molecule has 1 aromatic carbocycles. The highest BCUT2D eigenvalue weighted by Crippen LogP contribution is 2.29. The van der Waals surface area contributed by atoms with Crippen molar-refractivity contribution >= 4 is 15.9 Å². The minimum absolute atomic E-state index is 0.156. The number of nitrogens with two attached hydrogens (primary N) is 1. The molecule has 0 aliphatic rings. The minimum Gasteiger partial charge on any atom is -0.271 e. The highest BCUT2D eigenvalue weighted by Gasteiger charge is 2.23. The van der Waals surface area contributed by atoms with E-state index in [2.05, 4.69) is 31.3 Å². The quantitative estimate of drug-likeness (QED) is 0.517. The second-order valence-electron chi connectivity index (χ2n) is 3.49. The van der Waals surface area contributed by atoms with Crippen molar-refractivity contribution in [1.29, 1.82) is 0 Å². The average Bonchev–Trinajstić information content (AvgIpc) is 2.40. The fourth-order valence-corrected chi connectivity index (χ4v) is 1.93. The standard InChI is InChI=1S/C11H9BrF2N4/c12-6-1-2-7(13)9(10(6)14)11(18-15)8-5-16-3-4-17-8/h1-5,11,18H,15H2. The van der Waals surface area contributed by atoms with Crippen molar-refractivity contribution in [3.05, 3.63) is 58.1 Å². The van der Waals surface area contributed by atoms with Gasteiger partial charge in [0.05, 0.1) is 22.4 Å². The minimum atomic E-state index is -0.906. The normalized spacial score (nSPS) is 12.4. The summed E-state index contributed by atoms with van der Waals surface area (Å²) in [5.74, 6) is 3.94. The Morgan fingerprint density at radius 1 is 1.28 bits per heavy atom. The largest absolute Gasteiger partial charge is 0.271 e. The van der Waals surface area contributed by atoms with E-state index in [0.29, 0.717) is 5.69 Å². The third-order valence-corrected chi connectivity index (χ3v) is 3.03. The number of benzene rings is 1. The fourth-order valence-electron chi connectivity index (χ4n) is 1.58. The van der Waals surface area contributed by atoms with Crippen molar-refractivity contribution in [2.24, 2.45) is 5.84 Å². The lowest BCUT2D eigenvalue weighted by Gasteiger charge is -2.17. The van der Waals surface area contributed by atoms with E-state index < -0.39 is 17.7 Å². The van der Waals surface area contributed by atoms with Crippen LogP contribution in [-0.2, 0) is 0 Å². The van der Waals surface area contributed by atoms with Crippen LogP contribution >= 0.6 is 15.9 Å². The highest BCUT2D eigenvalue weighted by atomic mass is 79.9. The SMILES string of the molecule is NNC(c1cnccn1)c1c(F)ccc(Br)c1F. The van der Waals surface area contributed by atoms with Crippen molar-refractivity contribution < 1.29 is 8.78 Å². The van der Waals surface area contributed by atoms with Gasteiger partial charge in [-0.3, -0.25) is 15.8 Å². The summed E-state index contributed by atoms with van der Waals surface area (Å²) in [5, 5.41) is 0. The van der Waals surface area contributed by atoms with Crippen LogP contribution in [0.5, 0.6) is 0 Å². The molecule has 1 atom stereocenters. The number of aromatic nitrogens is 2. The maximum atomic E-state index is 14.0. The maximum absolute atomic E-state index is 14.0. The van der Waals surface area contributed by atoms with E-state index >= 15 is 0 Å². The van der Waals surface area contributed by atoms with Crippen LogP contribution in [0.25, 0.3) is 0 Å². The second kappa shape index (κ2) is 5.47. The van der Waals surface area contributed by atoms with Gasteiger partial charge in [0, 0.05) is 18.0 Å². The van der Waals surface area contributed by atoms with Crippen LogP contribution in [0.4, 0.5) is 8.78 Å². The Morgan fingerprint density at radius 3 is 2.67 bits per heavy atom. The van der Waals surface area contributed by atoms with Gasteiger partial charge in [-0.25, -0.2) is 14.2 Å². The highest BCUT2D eigenvalue weighted by molar-refractivity contribution is 9.10. The summed E-state index contributed by atoms with van der Waals surface area (Å²) in [5.41, 5.74) is 2.47. The molecule has 2 aromatic rings. The Kier molecular flexibility index (Phi) is 3.95. The summed E-state index contributed by atoms with van der Waals surface area (Å²) in [6.45, 7) is 0. The lowest BCUT2D eigenvalue weighted by molar-refractivity contribution is 0.501. The molecule has 0 aliphatic heterocycles. The number of hydrogen-bond acceptors (Lipinski definition) is 4. The van der Waals surface area contributed by atoms with Gasteiger partial charge < -0.3 is 0 Å². The van der Waals surface area contributed by atoms with Gasteiger partial charge in [-0.2, -0.15) is 0 Å². The summed E-state index contributed by atoms with van der Waals surface area (Å²) < 4.78 is 27.9. The van der Waals surface area contributed by atoms with Crippen molar-refractivity contribution in [2.45, 2.75) is 6.04 Å². The molecule has 0 saturated carbocycles. The lowest BCUT2D eigenvalue weighted by atomic mass is 10.0. The van der Waals surface area contributed by atoms with Gasteiger partial charge in [0.15, 0.2) is 0 Å². The molecule has 94 valence electrons. The van der Waals surface area contributed by atoms with E-state index in [-0.39, 0.29) is 10.0 Å². The van der Waals surface area contributed by atoms with Crippen molar-refractivity contribution in [1.82, 2.24) is 15.4 Å². The van der Waals surface area contributed by atoms with Crippen LogP contribution in [0, 0.1) is 11.6 Å². The summed E-state index contributed by atoms with van der Waals surface area (Å²) in [6.07, 6.45) is 4.28. The van der Waals surface area contributed by atoms with Crippen LogP contribution in [0.15, 0.2) is 35.2 Å². The molecule has 0 spiro atoms. The van der Waals surface area contributed by atoms with E-state index in [1.165, 1.54) is 24.7 Å². The molecular formula is C11H9BrF2N4. The molecule has 0 aliphatic carbocycles. The van der Waals surface area contributed by atoms with Crippen LogP contribution in [0.3, 0.4) is 0 Å². The van der Waals surface area contributed by atoms with Crippen molar-refractivity contribution in [3.8, 4) is 0 Å². The number of hydrogen-bond donors (Lipinski definition) is 2. The van der Waals surface area contributed by atoms with Crippen LogP contribution in [-0.4, -0.2) is 9.97 Å². The first-order chi connectivity index (χ1) is 8.65. The monoisotopic (exact) mass is 314 g/mol. The predicted octanol–water partition coefficient (Wildman–Crippen LogP) is 2.07. The number of hydrazine groups is 1. The Morgan fingerprint density at radius 2 is 2.06 bits per heavy atom. The molecule has 18 heavy (non-hydrogen) atoms. The Balaban J connectivity index is 2.56. The maximum Gasteiger partial charge on any atom is 0.145 e. The Hall–Kier alpha value is -1.44. The van der Waals surface area contributed by atoms with Crippen molar-refractivity contribution in [3.63, 3.8) is 0 Å². The zero-order valence-electron chi connectivity index (χ0n) is 9.07. The predicted molar refractivity (Wildman–Crippen MR) is 65.3 cm³/mol. The third kappa shape index (κ3) is 2.38. The molecule has 1 aromatic heterocycles. The third-order valence-electron chi connectivity index (χ3n) is 2.41. The Labute approximate surface area is 110 Å². The first-order valence-corrected chi connectivity index (χ1v) is 5.80. The molecule has 0 amide bonds. The molecule has 1 heterocycles. The molecular weight excluding hydrogens is 306 g/mol. The van der Waals surface area contributed by atoms with Gasteiger partial charge in [-0.1, -0.05) is 0 Å².